The monoisotopic (exact) mass is 168 g/mol. The van der Waals surface area contributed by atoms with E-state index in [-0.39, 0.29) is 5.76 Å². The number of methoxy groups -OCH3 is 1. The molecule has 0 saturated carbocycles. The van der Waals surface area contributed by atoms with Crippen molar-refractivity contribution < 1.29 is 13.9 Å². The van der Waals surface area contributed by atoms with Crippen molar-refractivity contribution >= 4 is 6.29 Å². The molecule has 0 aromatic carbocycles. The number of hydrogen-bond donors (Lipinski definition) is 0. The minimum atomic E-state index is -0.545. The van der Waals surface area contributed by atoms with E-state index in [9.17, 15) is 9.59 Å². The van der Waals surface area contributed by atoms with Crippen LogP contribution in [-0.4, -0.2) is 13.4 Å². The summed E-state index contributed by atoms with van der Waals surface area (Å²) in [5.74, 6) is 0.343. The van der Waals surface area contributed by atoms with Gasteiger partial charge >= 0.3 is 5.63 Å². The third-order valence-corrected chi connectivity index (χ3v) is 1.50. The normalized spacial score (nSPS) is 9.50. The van der Waals surface area contributed by atoms with E-state index >= 15 is 0 Å². The first-order valence-corrected chi connectivity index (χ1v) is 3.33. The first kappa shape index (κ1) is 8.52. The van der Waals surface area contributed by atoms with Crippen molar-refractivity contribution in [1.29, 1.82) is 0 Å². The van der Waals surface area contributed by atoms with Gasteiger partial charge in [-0.1, -0.05) is 0 Å². The van der Waals surface area contributed by atoms with Crippen molar-refractivity contribution in [2.45, 2.75) is 6.92 Å². The fourth-order valence-corrected chi connectivity index (χ4v) is 0.821. The fraction of sp³-hybridized carbons (Fsp3) is 0.250. The van der Waals surface area contributed by atoms with Crippen molar-refractivity contribution in [2.24, 2.45) is 0 Å². The minimum absolute atomic E-state index is 0.0255. The Labute approximate surface area is 68.8 Å². The Kier molecular flexibility index (Phi) is 2.28. The number of carbonyl (C=O) groups excluding carboxylic acids is 1. The molecule has 0 atom stereocenters. The summed E-state index contributed by atoms with van der Waals surface area (Å²) in [6, 6.07) is 1.38. The van der Waals surface area contributed by atoms with Crippen LogP contribution in [0.5, 0.6) is 5.75 Å². The van der Waals surface area contributed by atoms with E-state index in [4.69, 9.17) is 4.74 Å². The lowest BCUT2D eigenvalue weighted by Crippen LogP contribution is -2.06. The summed E-state index contributed by atoms with van der Waals surface area (Å²) in [4.78, 5) is 21.2. The van der Waals surface area contributed by atoms with Crippen molar-refractivity contribution in [2.75, 3.05) is 7.11 Å². The maximum atomic E-state index is 11.0. The van der Waals surface area contributed by atoms with Crippen molar-refractivity contribution in [3.8, 4) is 5.75 Å². The molecule has 0 bridgehead atoms. The van der Waals surface area contributed by atoms with E-state index < -0.39 is 5.63 Å². The molecule has 4 nitrogen and oxygen atoms in total. The molecule has 1 aromatic heterocycles. The third-order valence-electron chi connectivity index (χ3n) is 1.50. The highest BCUT2D eigenvalue weighted by Gasteiger charge is 2.06. The Balaban J connectivity index is 3.38. The predicted molar refractivity (Wildman–Crippen MR) is 41.7 cm³/mol. The maximum absolute atomic E-state index is 11.0. The van der Waals surface area contributed by atoms with Gasteiger partial charge in [-0.25, -0.2) is 4.79 Å². The van der Waals surface area contributed by atoms with Crippen LogP contribution in [0.15, 0.2) is 15.3 Å². The minimum Gasteiger partial charge on any atom is -0.496 e. The van der Waals surface area contributed by atoms with Crippen molar-refractivity contribution in [3.63, 3.8) is 0 Å². The van der Waals surface area contributed by atoms with E-state index in [1.165, 1.54) is 13.2 Å². The Morgan fingerprint density at radius 1 is 1.58 bits per heavy atom. The highest BCUT2D eigenvalue weighted by molar-refractivity contribution is 5.71. The Bertz CT molecular complexity index is 351. The quantitative estimate of drug-likeness (QED) is 0.612. The van der Waals surface area contributed by atoms with Gasteiger partial charge in [0.25, 0.3) is 0 Å². The molecule has 1 aromatic rings. The van der Waals surface area contributed by atoms with Gasteiger partial charge in [0.05, 0.1) is 12.7 Å². The van der Waals surface area contributed by atoms with Crippen LogP contribution in [0, 0.1) is 6.92 Å². The summed E-state index contributed by atoms with van der Waals surface area (Å²) < 4.78 is 9.45. The molecular formula is C8H8O4. The fourth-order valence-electron chi connectivity index (χ4n) is 0.821. The number of rotatable bonds is 2. The van der Waals surface area contributed by atoms with E-state index in [0.29, 0.717) is 17.6 Å². The van der Waals surface area contributed by atoms with E-state index in [2.05, 4.69) is 4.42 Å². The number of ether oxygens (including phenoxy) is 1. The van der Waals surface area contributed by atoms with Gasteiger partial charge in [-0.3, -0.25) is 4.79 Å². The van der Waals surface area contributed by atoms with Crippen LogP contribution in [-0.2, 0) is 0 Å². The number of hydrogen-bond acceptors (Lipinski definition) is 4. The molecule has 0 radical (unpaired) electrons. The Morgan fingerprint density at radius 2 is 2.25 bits per heavy atom. The average molecular weight is 168 g/mol. The largest absolute Gasteiger partial charge is 0.496 e. The van der Waals surface area contributed by atoms with E-state index in [1.54, 1.807) is 6.92 Å². The zero-order chi connectivity index (χ0) is 9.14. The smallest absolute Gasteiger partial charge is 0.342 e. The number of carbonyl (C=O) groups is 1. The van der Waals surface area contributed by atoms with Gasteiger partial charge in [0.15, 0.2) is 12.0 Å². The topological polar surface area (TPSA) is 56.5 Å². The third kappa shape index (κ3) is 1.37. The summed E-state index contributed by atoms with van der Waals surface area (Å²) in [6.45, 7) is 1.57. The van der Waals surface area contributed by atoms with Gasteiger partial charge < -0.3 is 9.15 Å². The second-order valence-corrected chi connectivity index (χ2v) is 2.25. The summed E-state index contributed by atoms with van der Waals surface area (Å²) >= 11 is 0. The van der Waals surface area contributed by atoms with Gasteiger partial charge in [0.1, 0.15) is 5.75 Å². The van der Waals surface area contributed by atoms with Gasteiger partial charge in [0, 0.05) is 6.07 Å². The molecule has 0 aliphatic rings. The van der Waals surface area contributed by atoms with Crippen LogP contribution >= 0.6 is 0 Å². The van der Waals surface area contributed by atoms with E-state index in [1.807, 2.05) is 0 Å². The lowest BCUT2D eigenvalue weighted by atomic mass is 10.3. The summed E-state index contributed by atoms with van der Waals surface area (Å²) in [6.07, 6.45) is 0.462. The molecule has 0 fully saturated rings. The standard InChI is InChI=1S/C8H8O4/c1-5-7(11-2)3-6(4-9)12-8(5)10/h3-4H,1-2H3. The van der Waals surface area contributed by atoms with Crippen LogP contribution in [0.2, 0.25) is 0 Å². The van der Waals surface area contributed by atoms with Crippen LogP contribution < -0.4 is 10.4 Å². The molecule has 4 heteroatoms. The van der Waals surface area contributed by atoms with Gasteiger partial charge in [0.2, 0.25) is 0 Å². The Morgan fingerprint density at radius 3 is 2.75 bits per heavy atom. The lowest BCUT2D eigenvalue weighted by molar-refractivity contribution is 0.109. The zero-order valence-corrected chi connectivity index (χ0v) is 6.79. The average Bonchev–Trinajstić information content (AvgIpc) is 2.09. The molecule has 0 aliphatic heterocycles. The Hall–Kier alpha value is -1.58. The molecule has 0 aliphatic carbocycles. The highest BCUT2D eigenvalue weighted by atomic mass is 16.5. The molecule has 0 N–H and O–H groups in total. The first-order valence-electron chi connectivity index (χ1n) is 3.33. The summed E-state index contributed by atoms with van der Waals surface area (Å²) in [5, 5.41) is 0. The molecule has 0 spiro atoms. The second kappa shape index (κ2) is 3.21. The molecule has 64 valence electrons. The molecular weight excluding hydrogens is 160 g/mol. The van der Waals surface area contributed by atoms with Crippen LogP contribution in [0.4, 0.5) is 0 Å². The van der Waals surface area contributed by atoms with E-state index in [0.717, 1.165) is 0 Å². The number of aldehydes is 1. The van der Waals surface area contributed by atoms with Crippen molar-refractivity contribution in [1.82, 2.24) is 0 Å². The maximum Gasteiger partial charge on any atom is 0.342 e. The molecule has 12 heavy (non-hydrogen) atoms. The first-order chi connectivity index (χ1) is 5.69. The van der Waals surface area contributed by atoms with Gasteiger partial charge in [-0.05, 0) is 6.92 Å². The molecule has 1 heterocycles. The second-order valence-electron chi connectivity index (χ2n) is 2.25. The molecule has 0 saturated heterocycles. The van der Waals surface area contributed by atoms with Gasteiger partial charge in [-0.2, -0.15) is 0 Å². The molecule has 0 unspecified atom stereocenters. The lowest BCUT2D eigenvalue weighted by Gasteiger charge is -2.01. The predicted octanol–water partition coefficient (Wildman–Crippen LogP) is 0.769. The SMILES string of the molecule is COc1cc(C=O)oc(=O)c1C. The van der Waals surface area contributed by atoms with Crippen LogP contribution in [0.1, 0.15) is 16.1 Å². The van der Waals surface area contributed by atoms with Gasteiger partial charge in [-0.15, -0.1) is 0 Å². The summed E-state index contributed by atoms with van der Waals surface area (Å²) in [7, 11) is 1.43. The zero-order valence-electron chi connectivity index (χ0n) is 6.79. The molecule has 1 rings (SSSR count). The molecule has 0 amide bonds. The van der Waals surface area contributed by atoms with Crippen LogP contribution in [0.3, 0.4) is 0 Å². The summed E-state index contributed by atoms with van der Waals surface area (Å²) in [5.41, 5.74) is -0.181. The van der Waals surface area contributed by atoms with Crippen molar-refractivity contribution in [3.05, 3.63) is 27.8 Å². The van der Waals surface area contributed by atoms with Crippen LogP contribution in [0.25, 0.3) is 0 Å². The highest BCUT2D eigenvalue weighted by Crippen LogP contribution is 2.13.